The molecule has 0 spiro atoms. The van der Waals surface area contributed by atoms with Crippen LogP contribution in [-0.4, -0.2) is 65.7 Å². The molecule has 1 aromatic heterocycles. The van der Waals surface area contributed by atoms with E-state index < -0.39 is 12.0 Å². The van der Waals surface area contributed by atoms with Crippen LogP contribution in [0.25, 0.3) is 0 Å². The van der Waals surface area contributed by atoms with E-state index in [-0.39, 0.29) is 11.3 Å². The van der Waals surface area contributed by atoms with E-state index in [1.807, 2.05) is 51.1 Å². The maximum atomic E-state index is 12.4. The number of pyridine rings is 1. The van der Waals surface area contributed by atoms with E-state index >= 15 is 0 Å². The topological polar surface area (TPSA) is 104 Å². The molecular weight excluding hydrogens is 492 g/mol. The SMILES string of the molecule is CC(C)(C)CC(=O)N[C@@H](CCN(CCCCc1ccc2c(n1)NCCC2)CCOCc1ccccc1)C(=O)O. The lowest BCUT2D eigenvalue weighted by molar-refractivity contribution is -0.142. The molecule has 0 aliphatic carbocycles. The summed E-state index contributed by atoms with van der Waals surface area (Å²) in [4.78, 5) is 31.3. The highest BCUT2D eigenvalue weighted by Crippen LogP contribution is 2.20. The number of carboxylic acids is 1. The summed E-state index contributed by atoms with van der Waals surface area (Å²) in [5, 5.41) is 15.9. The number of aromatic nitrogens is 1. The minimum atomic E-state index is -0.996. The summed E-state index contributed by atoms with van der Waals surface area (Å²) in [6, 6.07) is 13.5. The molecule has 0 bridgehead atoms. The molecule has 214 valence electrons. The van der Waals surface area contributed by atoms with Crippen molar-refractivity contribution in [1.82, 2.24) is 15.2 Å². The van der Waals surface area contributed by atoms with Crippen molar-refractivity contribution >= 4 is 17.7 Å². The lowest BCUT2D eigenvalue weighted by Gasteiger charge is -2.25. The summed E-state index contributed by atoms with van der Waals surface area (Å²) < 4.78 is 5.91. The van der Waals surface area contributed by atoms with Gasteiger partial charge in [0, 0.05) is 31.7 Å². The fourth-order valence-corrected chi connectivity index (χ4v) is 4.74. The van der Waals surface area contributed by atoms with Gasteiger partial charge in [0.2, 0.25) is 5.91 Å². The molecule has 0 saturated carbocycles. The molecule has 1 amide bonds. The van der Waals surface area contributed by atoms with Crippen molar-refractivity contribution in [3.05, 3.63) is 59.3 Å². The van der Waals surface area contributed by atoms with Gasteiger partial charge in [-0.25, -0.2) is 9.78 Å². The van der Waals surface area contributed by atoms with Gasteiger partial charge in [0.15, 0.2) is 0 Å². The molecule has 8 heteroatoms. The lowest BCUT2D eigenvalue weighted by Crippen LogP contribution is -2.44. The molecule has 0 unspecified atom stereocenters. The third kappa shape index (κ3) is 11.8. The number of anilines is 1. The van der Waals surface area contributed by atoms with Gasteiger partial charge in [-0.1, -0.05) is 57.2 Å². The number of hydrogen-bond donors (Lipinski definition) is 3. The number of carbonyl (C=O) groups excluding carboxylic acids is 1. The Bertz CT molecular complexity index is 1040. The van der Waals surface area contributed by atoms with E-state index in [9.17, 15) is 14.7 Å². The zero-order valence-corrected chi connectivity index (χ0v) is 23.9. The summed E-state index contributed by atoms with van der Waals surface area (Å²) in [6.07, 6.45) is 5.76. The van der Waals surface area contributed by atoms with E-state index in [1.54, 1.807) is 0 Å². The summed E-state index contributed by atoms with van der Waals surface area (Å²) in [5.74, 6) is -0.187. The van der Waals surface area contributed by atoms with Crippen molar-refractivity contribution in [2.45, 2.75) is 78.4 Å². The highest BCUT2D eigenvalue weighted by Gasteiger charge is 2.24. The Balaban J connectivity index is 1.49. The molecule has 2 aromatic rings. The van der Waals surface area contributed by atoms with Crippen molar-refractivity contribution in [3.63, 3.8) is 0 Å². The van der Waals surface area contributed by atoms with E-state index in [1.165, 1.54) is 5.56 Å². The second kappa shape index (κ2) is 15.6. The molecule has 8 nitrogen and oxygen atoms in total. The summed E-state index contributed by atoms with van der Waals surface area (Å²) in [5.41, 5.74) is 3.34. The largest absolute Gasteiger partial charge is 0.480 e. The van der Waals surface area contributed by atoms with Crippen LogP contribution in [0.3, 0.4) is 0 Å². The smallest absolute Gasteiger partial charge is 0.326 e. The van der Waals surface area contributed by atoms with Gasteiger partial charge < -0.3 is 25.4 Å². The number of nitrogens with zero attached hydrogens (tertiary/aromatic N) is 2. The van der Waals surface area contributed by atoms with Gasteiger partial charge in [0.25, 0.3) is 0 Å². The number of rotatable bonds is 16. The molecule has 0 radical (unpaired) electrons. The number of benzene rings is 1. The van der Waals surface area contributed by atoms with Gasteiger partial charge in [-0.3, -0.25) is 4.79 Å². The van der Waals surface area contributed by atoms with Crippen LogP contribution in [0.1, 0.15) is 69.7 Å². The minimum Gasteiger partial charge on any atom is -0.480 e. The van der Waals surface area contributed by atoms with Gasteiger partial charge in [0.05, 0.1) is 13.2 Å². The normalized spacial score (nSPS) is 13.9. The molecule has 0 saturated heterocycles. The van der Waals surface area contributed by atoms with Crippen LogP contribution in [0.15, 0.2) is 42.5 Å². The van der Waals surface area contributed by atoms with Crippen LogP contribution in [0, 0.1) is 5.41 Å². The first-order chi connectivity index (χ1) is 18.7. The predicted molar refractivity (Wildman–Crippen MR) is 155 cm³/mol. The highest BCUT2D eigenvalue weighted by molar-refractivity contribution is 5.83. The Labute approximate surface area is 233 Å². The number of carboxylic acid groups (broad SMARTS) is 1. The van der Waals surface area contributed by atoms with Gasteiger partial charge in [-0.15, -0.1) is 0 Å². The van der Waals surface area contributed by atoms with Gasteiger partial charge in [-0.2, -0.15) is 0 Å². The second-order valence-corrected chi connectivity index (χ2v) is 11.7. The minimum absolute atomic E-state index is 0.196. The average Bonchev–Trinajstić information content (AvgIpc) is 2.90. The Hall–Kier alpha value is -2.97. The number of fused-ring (bicyclic) bond motifs is 1. The predicted octanol–water partition coefficient (Wildman–Crippen LogP) is 4.68. The van der Waals surface area contributed by atoms with Crippen LogP contribution >= 0.6 is 0 Å². The van der Waals surface area contributed by atoms with E-state index in [4.69, 9.17) is 9.72 Å². The number of nitrogens with one attached hydrogen (secondary N) is 2. The van der Waals surface area contributed by atoms with Crippen molar-refractivity contribution in [2.75, 3.05) is 38.1 Å². The number of aliphatic carboxylic acids is 1. The molecule has 1 atom stereocenters. The Morgan fingerprint density at radius 3 is 2.64 bits per heavy atom. The summed E-state index contributed by atoms with van der Waals surface area (Å²) in [6.45, 7) is 10.1. The number of aryl methyl sites for hydroxylation is 2. The number of hydrogen-bond acceptors (Lipinski definition) is 6. The molecule has 2 heterocycles. The van der Waals surface area contributed by atoms with Gasteiger partial charge >= 0.3 is 5.97 Å². The van der Waals surface area contributed by atoms with Crippen LogP contribution < -0.4 is 10.6 Å². The molecule has 3 N–H and O–H groups in total. The number of amides is 1. The maximum Gasteiger partial charge on any atom is 0.326 e. The van der Waals surface area contributed by atoms with Crippen LogP contribution in [0.4, 0.5) is 5.82 Å². The number of ether oxygens (including phenoxy) is 1. The van der Waals surface area contributed by atoms with Crippen LogP contribution in [0.2, 0.25) is 0 Å². The van der Waals surface area contributed by atoms with Crippen molar-refractivity contribution < 1.29 is 19.4 Å². The Kier molecular flexibility index (Phi) is 12.2. The molecular formula is C31H46N4O4. The van der Waals surface area contributed by atoms with Crippen LogP contribution in [0.5, 0.6) is 0 Å². The van der Waals surface area contributed by atoms with Gasteiger partial charge in [-0.05, 0) is 67.7 Å². The molecule has 39 heavy (non-hydrogen) atoms. The van der Waals surface area contributed by atoms with E-state index in [0.29, 0.717) is 39.1 Å². The second-order valence-electron chi connectivity index (χ2n) is 11.7. The fraction of sp³-hybridized carbons (Fsp3) is 0.581. The van der Waals surface area contributed by atoms with E-state index in [2.05, 4.69) is 27.7 Å². The van der Waals surface area contributed by atoms with Crippen LogP contribution in [-0.2, 0) is 33.8 Å². The Morgan fingerprint density at radius 2 is 1.90 bits per heavy atom. The number of unbranched alkanes of at least 4 members (excludes halogenated alkanes) is 1. The highest BCUT2D eigenvalue weighted by atomic mass is 16.5. The standard InChI is InChI=1S/C31H46N4O4/c1-31(2,3)22-28(36)34-27(30(37)38)16-19-35(20-21-39-23-24-10-5-4-6-11-24)18-8-7-13-26-15-14-25-12-9-17-32-29(25)33-26/h4-6,10-11,14-15,27H,7-9,12-13,16-23H2,1-3H3,(H,32,33)(H,34,36)(H,37,38)/t27-/m0/s1. The van der Waals surface area contributed by atoms with E-state index in [0.717, 1.165) is 62.3 Å². The zero-order chi connectivity index (χ0) is 28.1. The zero-order valence-electron chi connectivity index (χ0n) is 23.9. The quantitative estimate of drug-likeness (QED) is 0.267. The van der Waals surface area contributed by atoms with Crippen molar-refractivity contribution in [3.8, 4) is 0 Å². The molecule has 3 rings (SSSR count). The summed E-state index contributed by atoms with van der Waals surface area (Å²) in [7, 11) is 0. The summed E-state index contributed by atoms with van der Waals surface area (Å²) >= 11 is 0. The molecule has 0 fully saturated rings. The molecule has 1 aliphatic rings. The number of carbonyl (C=O) groups is 2. The van der Waals surface area contributed by atoms with Gasteiger partial charge in [0.1, 0.15) is 11.9 Å². The monoisotopic (exact) mass is 538 g/mol. The average molecular weight is 539 g/mol. The first-order valence-corrected chi connectivity index (χ1v) is 14.3. The van der Waals surface area contributed by atoms with Crippen molar-refractivity contribution in [2.24, 2.45) is 5.41 Å². The van der Waals surface area contributed by atoms with Crippen molar-refractivity contribution in [1.29, 1.82) is 0 Å². The first kappa shape index (κ1) is 30.6. The molecule has 1 aliphatic heterocycles. The first-order valence-electron chi connectivity index (χ1n) is 14.3. The third-order valence-electron chi connectivity index (χ3n) is 6.83. The Morgan fingerprint density at radius 1 is 1.10 bits per heavy atom. The lowest BCUT2D eigenvalue weighted by atomic mass is 9.92. The third-order valence-corrected chi connectivity index (χ3v) is 6.83. The molecule has 1 aromatic carbocycles. The fourth-order valence-electron chi connectivity index (χ4n) is 4.74. The maximum absolute atomic E-state index is 12.4.